The molecule has 1 saturated heterocycles. The largest absolute Gasteiger partial charge is 0.353 e. The molecule has 1 atom stereocenters. The average Bonchev–Trinajstić information content (AvgIpc) is 2.48. The Balaban J connectivity index is 1.82. The van der Waals surface area contributed by atoms with E-state index >= 15 is 0 Å². The van der Waals surface area contributed by atoms with Crippen LogP contribution in [0.1, 0.15) is 36.8 Å². The molecule has 1 aromatic carbocycles. The van der Waals surface area contributed by atoms with Gasteiger partial charge in [0, 0.05) is 6.61 Å². The smallest absolute Gasteiger partial charge is 0.176 e. The summed E-state index contributed by atoms with van der Waals surface area (Å²) in [6, 6.07) is 4.22. The van der Waals surface area contributed by atoms with Gasteiger partial charge >= 0.3 is 0 Å². The summed E-state index contributed by atoms with van der Waals surface area (Å²) in [6.45, 7) is 1.21. The highest BCUT2D eigenvalue weighted by molar-refractivity contribution is 5.39. The number of aryl methyl sites for hydroxylation is 1. The van der Waals surface area contributed by atoms with Crippen LogP contribution < -0.4 is 0 Å². The first-order valence-corrected chi connectivity index (χ1v) is 6.82. The van der Waals surface area contributed by atoms with Gasteiger partial charge in [0.2, 0.25) is 0 Å². The van der Waals surface area contributed by atoms with Gasteiger partial charge in [-0.15, -0.1) is 0 Å². The Morgan fingerprint density at radius 3 is 2.90 bits per heavy atom. The minimum absolute atomic E-state index is 0.149. The predicted molar refractivity (Wildman–Crippen MR) is 68.9 cm³/mol. The highest BCUT2D eigenvalue weighted by Gasteiger charge is 2.15. The van der Waals surface area contributed by atoms with E-state index in [1.807, 2.05) is 0 Å². The molecule has 0 bridgehead atoms. The Bertz CT molecular complexity index is 493. The van der Waals surface area contributed by atoms with Crippen molar-refractivity contribution in [1.29, 1.82) is 5.26 Å². The van der Waals surface area contributed by atoms with E-state index < -0.39 is 11.6 Å². The highest BCUT2D eigenvalue weighted by Crippen LogP contribution is 2.18. The van der Waals surface area contributed by atoms with Gasteiger partial charge in [-0.3, -0.25) is 0 Å². The first kappa shape index (κ1) is 14.9. The fourth-order valence-corrected chi connectivity index (χ4v) is 2.24. The van der Waals surface area contributed by atoms with Crippen molar-refractivity contribution >= 4 is 0 Å². The number of hydrogen-bond donors (Lipinski definition) is 0. The number of hydrogen-bond acceptors (Lipinski definition) is 3. The van der Waals surface area contributed by atoms with Crippen LogP contribution in [0.5, 0.6) is 0 Å². The molecule has 0 saturated carbocycles. The van der Waals surface area contributed by atoms with E-state index in [1.54, 1.807) is 6.07 Å². The van der Waals surface area contributed by atoms with E-state index in [0.29, 0.717) is 25.0 Å². The second kappa shape index (κ2) is 7.32. The van der Waals surface area contributed by atoms with Crippen LogP contribution in [0.4, 0.5) is 8.78 Å². The van der Waals surface area contributed by atoms with Crippen LogP contribution in [0, 0.1) is 23.0 Å². The second-order valence-corrected chi connectivity index (χ2v) is 4.78. The van der Waals surface area contributed by atoms with E-state index in [4.69, 9.17) is 14.7 Å². The summed E-state index contributed by atoms with van der Waals surface area (Å²) in [5.74, 6) is -2.06. The Hall–Kier alpha value is -1.51. The highest BCUT2D eigenvalue weighted by atomic mass is 19.2. The van der Waals surface area contributed by atoms with Gasteiger partial charge in [0.05, 0.1) is 12.2 Å². The Kier molecular flexibility index (Phi) is 5.45. The number of halogens is 2. The van der Waals surface area contributed by atoms with Crippen LogP contribution >= 0.6 is 0 Å². The van der Waals surface area contributed by atoms with Gasteiger partial charge in [-0.25, -0.2) is 8.78 Å². The maximum Gasteiger partial charge on any atom is 0.176 e. The van der Waals surface area contributed by atoms with Crippen LogP contribution in [0.3, 0.4) is 0 Å². The third kappa shape index (κ3) is 3.75. The third-order valence-corrected chi connectivity index (χ3v) is 3.33. The zero-order chi connectivity index (χ0) is 14.4. The monoisotopic (exact) mass is 281 g/mol. The second-order valence-electron chi connectivity index (χ2n) is 4.78. The van der Waals surface area contributed by atoms with Crippen LogP contribution in [0.2, 0.25) is 0 Å². The van der Waals surface area contributed by atoms with Crippen molar-refractivity contribution in [2.45, 2.75) is 38.4 Å². The molecule has 1 fully saturated rings. The normalized spacial score (nSPS) is 18.8. The molecule has 20 heavy (non-hydrogen) atoms. The minimum atomic E-state index is -1.07. The zero-order valence-electron chi connectivity index (χ0n) is 11.2. The van der Waals surface area contributed by atoms with E-state index in [-0.39, 0.29) is 11.9 Å². The summed E-state index contributed by atoms with van der Waals surface area (Å²) in [7, 11) is 0. The van der Waals surface area contributed by atoms with Gasteiger partial charge in [0.25, 0.3) is 0 Å². The average molecular weight is 281 g/mol. The molecule has 0 aromatic heterocycles. The van der Waals surface area contributed by atoms with Crippen LogP contribution in [-0.2, 0) is 15.9 Å². The fraction of sp³-hybridized carbons (Fsp3) is 0.533. The van der Waals surface area contributed by atoms with Crippen molar-refractivity contribution in [2.75, 3.05) is 13.2 Å². The van der Waals surface area contributed by atoms with Crippen molar-refractivity contribution < 1.29 is 18.3 Å². The van der Waals surface area contributed by atoms with Crippen LogP contribution in [-0.4, -0.2) is 19.5 Å². The lowest BCUT2D eigenvalue weighted by atomic mass is 10.0. The molecule has 5 heteroatoms. The summed E-state index contributed by atoms with van der Waals surface area (Å²) < 4.78 is 37.4. The van der Waals surface area contributed by atoms with Gasteiger partial charge < -0.3 is 9.47 Å². The third-order valence-electron chi connectivity index (χ3n) is 3.33. The molecule has 0 amide bonds. The van der Waals surface area contributed by atoms with Crippen molar-refractivity contribution in [1.82, 2.24) is 0 Å². The van der Waals surface area contributed by atoms with Gasteiger partial charge in [-0.2, -0.15) is 5.26 Å². The molecule has 1 aliphatic heterocycles. The standard InChI is InChI=1S/C15H17F2NO2/c16-13-7-6-11(12(10-18)15(13)17)4-3-9-20-14-5-1-2-8-19-14/h6-7,14H,1-5,8-9H2. The van der Waals surface area contributed by atoms with Gasteiger partial charge in [-0.05, 0) is 43.7 Å². The number of ether oxygens (including phenoxy) is 2. The molecule has 1 heterocycles. The quantitative estimate of drug-likeness (QED) is 0.778. The van der Waals surface area contributed by atoms with Crippen molar-refractivity contribution in [3.05, 3.63) is 34.9 Å². The van der Waals surface area contributed by atoms with Gasteiger partial charge in [0.15, 0.2) is 17.9 Å². The lowest BCUT2D eigenvalue weighted by Crippen LogP contribution is -2.22. The first-order valence-electron chi connectivity index (χ1n) is 6.82. The maximum absolute atomic E-state index is 13.4. The maximum atomic E-state index is 13.4. The zero-order valence-corrected chi connectivity index (χ0v) is 11.2. The van der Waals surface area contributed by atoms with Crippen LogP contribution in [0.15, 0.2) is 12.1 Å². The summed E-state index contributed by atoms with van der Waals surface area (Å²) >= 11 is 0. The van der Waals surface area contributed by atoms with E-state index in [2.05, 4.69) is 0 Å². The van der Waals surface area contributed by atoms with E-state index in [0.717, 1.165) is 31.9 Å². The molecule has 108 valence electrons. The van der Waals surface area contributed by atoms with Crippen LogP contribution in [0.25, 0.3) is 0 Å². The Morgan fingerprint density at radius 1 is 1.35 bits per heavy atom. The number of nitriles is 1. The Labute approximate surface area is 117 Å². The first-order chi connectivity index (χ1) is 9.72. The molecule has 0 N–H and O–H groups in total. The van der Waals surface area contributed by atoms with Gasteiger partial charge in [0.1, 0.15) is 6.07 Å². The van der Waals surface area contributed by atoms with Gasteiger partial charge in [-0.1, -0.05) is 6.07 Å². The molecule has 0 radical (unpaired) electrons. The molecule has 0 aliphatic carbocycles. The lowest BCUT2D eigenvalue weighted by Gasteiger charge is -2.22. The summed E-state index contributed by atoms with van der Waals surface area (Å²) in [6.07, 6.45) is 4.04. The fourth-order valence-electron chi connectivity index (χ4n) is 2.24. The Morgan fingerprint density at radius 2 is 2.20 bits per heavy atom. The molecule has 2 rings (SSSR count). The molecule has 1 unspecified atom stereocenters. The molecule has 3 nitrogen and oxygen atoms in total. The molecular weight excluding hydrogens is 264 g/mol. The minimum Gasteiger partial charge on any atom is -0.353 e. The molecular formula is C15H17F2NO2. The summed E-state index contributed by atoms with van der Waals surface area (Å²) in [4.78, 5) is 0. The van der Waals surface area contributed by atoms with Crippen molar-refractivity contribution in [3.8, 4) is 6.07 Å². The molecule has 1 aromatic rings. The molecule has 0 spiro atoms. The number of benzene rings is 1. The summed E-state index contributed by atoms with van der Waals surface area (Å²) in [5, 5.41) is 8.88. The predicted octanol–water partition coefficient (Wildman–Crippen LogP) is 3.31. The number of rotatable bonds is 5. The van der Waals surface area contributed by atoms with Crippen molar-refractivity contribution in [3.63, 3.8) is 0 Å². The van der Waals surface area contributed by atoms with E-state index in [9.17, 15) is 8.78 Å². The molecule has 1 aliphatic rings. The topological polar surface area (TPSA) is 42.2 Å². The van der Waals surface area contributed by atoms with E-state index in [1.165, 1.54) is 6.07 Å². The van der Waals surface area contributed by atoms with Crippen molar-refractivity contribution in [2.24, 2.45) is 0 Å². The summed E-state index contributed by atoms with van der Waals surface area (Å²) in [5.41, 5.74) is 0.304. The number of nitrogens with zero attached hydrogens (tertiary/aromatic N) is 1. The lowest BCUT2D eigenvalue weighted by molar-refractivity contribution is -0.162. The SMILES string of the molecule is N#Cc1c(CCCOC2CCCCO2)ccc(F)c1F.